The van der Waals surface area contributed by atoms with Gasteiger partial charge in [0.15, 0.2) is 5.96 Å². The van der Waals surface area contributed by atoms with E-state index in [-0.39, 0.29) is 0 Å². The van der Waals surface area contributed by atoms with Crippen molar-refractivity contribution in [2.45, 2.75) is 39.8 Å². The Morgan fingerprint density at radius 1 is 1.29 bits per heavy atom. The van der Waals surface area contributed by atoms with Crippen molar-refractivity contribution in [2.75, 3.05) is 26.2 Å². The lowest BCUT2D eigenvalue weighted by Gasteiger charge is -2.30. The summed E-state index contributed by atoms with van der Waals surface area (Å²) in [5, 5.41) is 6.47. The third kappa shape index (κ3) is 6.36. The molecule has 0 amide bonds. The summed E-state index contributed by atoms with van der Waals surface area (Å²) in [5.41, 5.74) is 2.63. The standard InChI is InChI=1S/C20H32N4/c1-4-12-22-20(21-5-2)23-14-18-8-10-19(11-9-18)16-24-13-6-7-17(3)15-24/h4,8-11,17H,1,5-7,12-16H2,2-3H3,(H2,21,22,23). The highest BCUT2D eigenvalue weighted by molar-refractivity contribution is 5.79. The lowest BCUT2D eigenvalue weighted by Crippen LogP contribution is -2.37. The molecule has 0 aliphatic carbocycles. The van der Waals surface area contributed by atoms with Crippen LogP contribution in [0.25, 0.3) is 0 Å². The molecule has 1 aromatic rings. The molecule has 4 heteroatoms. The Morgan fingerprint density at radius 2 is 2.04 bits per heavy atom. The van der Waals surface area contributed by atoms with Crippen molar-refractivity contribution >= 4 is 5.96 Å². The van der Waals surface area contributed by atoms with E-state index in [4.69, 9.17) is 0 Å². The van der Waals surface area contributed by atoms with Crippen LogP contribution in [-0.4, -0.2) is 37.0 Å². The Kier molecular flexibility index (Phi) is 7.83. The van der Waals surface area contributed by atoms with Crippen LogP contribution in [0.3, 0.4) is 0 Å². The van der Waals surface area contributed by atoms with E-state index in [1.807, 2.05) is 6.08 Å². The first-order valence-electron chi connectivity index (χ1n) is 9.14. The van der Waals surface area contributed by atoms with Crippen molar-refractivity contribution in [3.8, 4) is 0 Å². The predicted octanol–water partition coefficient (Wildman–Crippen LogP) is 3.16. The number of guanidine groups is 1. The molecule has 2 N–H and O–H groups in total. The van der Waals surface area contributed by atoms with E-state index in [9.17, 15) is 0 Å². The minimum atomic E-state index is 0.688. The third-order valence-corrected chi connectivity index (χ3v) is 4.35. The van der Waals surface area contributed by atoms with Gasteiger partial charge in [-0.1, -0.05) is 37.3 Å². The molecule has 1 saturated heterocycles. The molecule has 1 aromatic carbocycles. The first kappa shape index (κ1) is 18.5. The van der Waals surface area contributed by atoms with Crippen molar-refractivity contribution in [1.82, 2.24) is 15.5 Å². The van der Waals surface area contributed by atoms with Gasteiger partial charge in [-0.3, -0.25) is 4.90 Å². The zero-order valence-electron chi connectivity index (χ0n) is 15.2. The van der Waals surface area contributed by atoms with Crippen LogP contribution >= 0.6 is 0 Å². The summed E-state index contributed by atoms with van der Waals surface area (Å²) in [7, 11) is 0. The highest BCUT2D eigenvalue weighted by Gasteiger charge is 2.15. The number of nitrogens with one attached hydrogen (secondary N) is 2. The van der Waals surface area contributed by atoms with Crippen LogP contribution in [0.2, 0.25) is 0 Å². The molecule has 1 aliphatic heterocycles. The number of piperidine rings is 1. The number of aliphatic imine (C=N–C) groups is 1. The number of likely N-dealkylation sites (tertiary alicyclic amines) is 1. The molecule has 0 aromatic heterocycles. The van der Waals surface area contributed by atoms with Gasteiger partial charge in [-0.05, 0) is 43.4 Å². The van der Waals surface area contributed by atoms with E-state index in [0.29, 0.717) is 6.54 Å². The molecule has 0 radical (unpaired) electrons. The molecule has 0 spiro atoms. The van der Waals surface area contributed by atoms with Crippen LogP contribution in [0.5, 0.6) is 0 Å². The maximum absolute atomic E-state index is 4.61. The Labute approximate surface area is 147 Å². The average Bonchev–Trinajstić information content (AvgIpc) is 2.59. The Hall–Kier alpha value is -1.81. The lowest BCUT2D eigenvalue weighted by molar-refractivity contribution is 0.176. The maximum atomic E-state index is 4.61. The van der Waals surface area contributed by atoms with E-state index < -0.39 is 0 Å². The second-order valence-corrected chi connectivity index (χ2v) is 6.66. The summed E-state index contributed by atoms with van der Waals surface area (Å²) in [6, 6.07) is 8.88. The number of nitrogens with zero attached hydrogens (tertiary/aromatic N) is 2. The molecule has 0 saturated carbocycles. The van der Waals surface area contributed by atoms with Crippen molar-refractivity contribution in [3.05, 3.63) is 48.0 Å². The van der Waals surface area contributed by atoms with E-state index in [2.05, 4.69) is 65.2 Å². The van der Waals surface area contributed by atoms with Gasteiger partial charge in [0.2, 0.25) is 0 Å². The monoisotopic (exact) mass is 328 g/mol. The van der Waals surface area contributed by atoms with Crippen LogP contribution in [0, 0.1) is 5.92 Å². The van der Waals surface area contributed by atoms with Crippen LogP contribution in [0.1, 0.15) is 37.8 Å². The average molecular weight is 329 g/mol. The molecule has 4 nitrogen and oxygen atoms in total. The van der Waals surface area contributed by atoms with Crippen molar-refractivity contribution < 1.29 is 0 Å². The Balaban J connectivity index is 1.87. The molecule has 1 unspecified atom stereocenters. The number of hydrogen-bond donors (Lipinski definition) is 2. The van der Waals surface area contributed by atoms with Crippen molar-refractivity contribution in [3.63, 3.8) is 0 Å². The number of rotatable bonds is 7. The first-order chi connectivity index (χ1) is 11.7. The van der Waals surface area contributed by atoms with E-state index in [0.717, 1.165) is 31.5 Å². The summed E-state index contributed by atoms with van der Waals surface area (Å²) in [6.45, 7) is 13.9. The van der Waals surface area contributed by atoms with Gasteiger partial charge in [-0.2, -0.15) is 0 Å². The van der Waals surface area contributed by atoms with Gasteiger partial charge >= 0.3 is 0 Å². The van der Waals surface area contributed by atoms with Gasteiger partial charge in [0.1, 0.15) is 0 Å². The van der Waals surface area contributed by atoms with Gasteiger partial charge in [-0.25, -0.2) is 4.99 Å². The van der Waals surface area contributed by atoms with Crippen LogP contribution in [0.4, 0.5) is 0 Å². The van der Waals surface area contributed by atoms with Gasteiger partial charge in [0.25, 0.3) is 0 Å². The normalized spacial score (nSPS) is 19.1. The second-order valence-electron chi connectivity index (χ2n) is 6.66. The van der Waals surface area contributed by atoms with Crippen molar-refractivity contribution in [2.24, 2.45) is 10.9 Å². The third-order valence-electron chi connectivity index (χ3n) is 4.35. The van der Waals surface area contributed by atoms with Gasteiger partial charge in [0, 0.05) is 26.2 Å². The number of hydrogen-bond acceptors (Lipinski definition) is 2. The molecule has 1 atom stereocenters. The first-order valence-corrected chi connectivity index (χ1v) is 9.14. The fourth-order valence-electron chi connectivity index (χ4n) is 3.12. The zero-order chi connectivity index (χ0) is 17.2. The van der Waals surface area contributed by atoms with Gasteiger partial charge in [-0.15, -0.1) is 6.58 Å². The minimum absolute atomic E-state index is 0.688. The summed E-state index contributed by atoms with van der Waals surface area (Å²) in [6.07, 6.45) is 4.55. The molecular formula is C20H32N4. The predicted molar refractivity (Wildman–Crippen MR) is 103 cm³/mol. The second kappa shape index (κ2) is 10.1. The van der Waals surface area contributed by atoms with E-state index >= 15 is 0 Å². The molecule has 24 heavy (non-hydrogen) atoms. The topological polar surface area (TPSA) is 39.7 Å². The summed E-state index contributed by atoms with van der Waals surface area (Å²) < 4.78 is 0. The van der Waals surface area contributed by atoms with Crippen molar-refractivity contribution in [1.29, 1.82) is 0 Å². The molecule has 132 valence electrons. The molecule has 2 rings (SSSR count). The summed E-state index contributed by atoms with van der Waals surface area (Å²) >= 11 is 0. The molecule has 1 aliphatic rings. The number of benzene rings is 1. The molecule has 0 bridgehead atoms. The lowest BCUT2D eigenvalue weighted by atomic mass is 9.99. The Bertz CT molecular complexity index is 521. The van der Waals surface area contributed by atoms with E-state index in [1.54, 1.807) is 0 Å². The fourth-order valence-corrected chi connectivity index (χ4v) is 3.12. The fraction of sp³-hybridized carbons (Fsp3) is 0.550. The van der Waals surface area contributed by atoms with Crippen LogP contribution < -0.4 is 10.6 Å². The van der Waals surface area contributed by atoms with Gasteiger partial charge < -0.3 is 10.6 Å². The summed E-state index contributed by atoms with van der Waals surface area (Å²) in [5.74, 6) is 1.67. The highest BCUT2D eigenvalue weighted by atomic mass is 15.2. The van der Waals surface area contributed by atoms with Gasteiger partial charge in [0.05, 0.1) is 6.54 Å². The SMILES string of the molecule is C=CCNC(=NCc1ccc(CN2CCCC(C)C2)cc1)NCC. The molecule has 1 fully saturated rings. The Morgan fingerprint density at radius 3 is 2.71 bits per heavy atom. The smallest absolute Gasteiger partial charge is 0.191 e. The van der Waals surface area contributed by atoms with Crippen LogP contribution in [-0.2, 0) is 13.1 Å². The minimum Gasteiger partial charge on any atom is -0.357 e. The largest absolute Gasteiger partial charge is 0.357 e. The highest BCUT2D eigenvalue weighted by Crippen LogP contribution is 2.18. The zero-order valence-corrected chi connectivity index (χ0v) is 15.2. The van der Waals surface area contributed by atoms with Crippen LogP contribution in [0.15, 0.2) is 41.9 Å². The van der Waals surface area contributed by atoms with E-state index in [1.165, 1.54) is 37.1 Å². The molecule has 1 heterocycles. The maximum Gasteiger partial charge on any atom is 0.191 e. The molecular weight excluding hydrogens is 296 g/mol. The quantitative estimate of drug-likeness (QED) is 0.459. The summed E-state index contributed by atoms with van der Waals surface area (Å²) in [4.78, 5) is 7.19.